The van der Waals surface area contributed by atoms with E-state index >= 15 is 0 Å². The first-order valence-corrected chi connectivity index (χ1v) is 2.71. The van der Waals surface area contributed by atoms with E-state index in [1.165, 1.54) is 0 Å². The van der Waals surface area contributed by atoms with Gasteiger partial charge in [0.25, 0.3) is 0 Å². The van der Waals surface area contributed by atoms with E-state index in [2.05, 4.69) is 17.1 Å². The summed E-state index contributed by atoms with van der Waals surface area (Å²) in [5, 5.41) is 7.31. The normalized spacial score (nSPS) is 26.1. The van der Waals surface area contributed by atoms with Gasteiger partial charge in [-0.2, -0.15) is 5.10 Å². The molecule has 0 aliphatic carbocycles. The summed E-state index contributed by atoms with van der Waals surface area (Å²) in [6.07, 6.45) is 2.77. The van der Waals surface area contributed by atoms with E-state index in [1.807, 2.05) is 0 Å². The van der Waals surface area contributed by atoms with Crippen molar-refractivity contribution in [1.29, 1.82) is 0 Å². The van der Waals surface area contributed by atoms with Crippen molar-refractivity contribution in [2.45, 2.75) is 13.3 Å². The third kappa shape index (κ3) is 0.710. The number of nitrogens with two attached hydrogens (primary N) is 1. The fourth-order valence-corrected chi connectivity index (χ4v) is 0.646. The fraction of sp³-hybridized carbons (Fsp3) is 0.600. The maximum atomic E-state index is 5.41. The number of rotatable bonds is 1. The van der Waals surface area contributed by atoms with Gasteiger partial charge in [-0.25, -0.2) is 0 Å². The van der Waals surface area contributed by atoms with E-state index in [0.29, 0.717) is 11.8 Å². The highest BCUT2D eigenvalue weighted by molar-refractivity contribution is 5.98. The van der Waals surface area contributed by atoms with Crippen molar-refractivity contribution in [2.75, 3.05) is 0 Å². The second-order valence-corrected chi connectivity index (χ2v) is 1.80. The van der Waals surface area contributed by atoms with E-state index in [-0.39, 0.29) is 0 Å². The Kier molecular flexibility index (Phi) is 1.28. The van der Waals surface area contributed by atoms with Gasteiger partial charge in [0.15, 0.2) is 0 Å². The van der Waals surface area contributed by atoms with Crippen LogP contribution in [0.5, 0.6) is 0 Å². The van der Waals surface area contributed by atoms with E-state index in [4.69, 9.17) is 5.73 Å². The molecule has 1 rings (SSSR count). The van der Waals surface area contributed by atoms with Crippen molar-refractivity contribution >= 4 is 12.1 Å². The van der Waals surface area contributed by atoms with Crippen molar-refractivity contribution in [2.24, 2.45) is 21.9 Å². The number of hydrogen-bond acceptors (Lipinski definition) is 3. The molecule has 8 heavy (non-hydrogen) atoms. The van der Waals surface area contributed by atoms with Crippen LogP contribution in [0.3, 0.4) is 0 Å². The van der Waals surface area contributed by atoms with E-state index in [9.17, 15) is 0 Å². The molecule has 0 spiro atoms. The molecule has 0 fully saturated rings. The van der Waals surface area contributed by atoms with Gasteiger partial charge < -0.3 is 5.73 Å². The topological polar surface area (TPSA) is 50.7 Å². The summed E-state index contributed by atoms with van der Waals surface area (Å²) < 4.78 is 0. The lowest BCUT2D eigenvalue weighted by Crippen LogP contribution is -2.20. The molecule has 0 aromatic rings. The Balaban J connectivity index is 2.58. The molecule has 3 nitrogen and oxygen atoms in total. The second kappa shape index (κ2) is 1.94. The van der Waals surface area contributed by atoms with Crippen molar-refractivity contribution in [1.82, 2.24) is 0 Å². The van der Waals surface area contributed by atoms with Gasteiger partial charge in [0.1, 0.15) is 5.84 Å². The lowest BCUT2D eigenvalue weighted by molar-refractivity contribution is 0.878. The lowest BCUT2D eigenvalue weighted by Gasteiger charge is -1.98. The van der Waals surface area contributed by atoms with Crippen LogP contribution in [-0.4, -0.2) is 12.1 Å². The summed E-state index contributed by atoms with van der Waals surface area (Å²) in [6, 6.07) is 0. The quantitative estimate of drug-likeness (QED) is 0.522. The molecule has 0 bridgehead atoms. The summed E-state index contributed by atoms with van der Waals surface area (Å²) in [5.74, 6) is 0.947. The largest absolute Gasteiger partial charge is 0.385 e. The van der Waals surface area contributed by atoms with Crippen LogP contribution < -0.4 is 5.73 Å². The highest BCUT2D eigenvalue weighted by Gasteiger charge is 2.10. The molecule has 0 saturated heterocycles. The van der Waals surface area contributed by atoms with Gasteiger partial charge in [0, 0.05) is 6.21 Å². The minimum Gasteiger partial charge on any atom is -0.385 e. The van der Waals surface area contributed by atoms with Crippen molar-refractivity contribution in [3.05, 3.63) is 0 Å². The van der Waals surface area contributed by atoms with Crippen LogP contribution in [0.2, 0.25) is 0 Å². The summed E-state index contributed by atoms with van der Waals surface area (Å²) >= 11 is 0. The first kappa shape index (κ1) is 5.28. The third-order valence-electron chi connectivity index (χ3n) is 1.24. The number of hydrogen-bond donors (Lipinski definition) is 1. The first-order valence-electron chi connectivity index (χ1n) is 2.71. The second-order valence-electron chi connectivity index (χ2n) is 1.80. The van der Waals surface area contributed by atoms with E-state index < -0.39 is 0 Å². The summed E-state index contributed by atoms with van der Waals surface area (Å²) in [7, 11) is 0. The van der Waals surface area contributed by atoms with Crippen LogP contribution in [0.15, 0.2) is 10.2 Å². The van der Waals surface area contributed by atoms with Crippen LogP contribution in [0, 0.1) is 5.92 Å². The van der Waals surface area contributed by atoms with Crippen molar-refractivity contribution in [3.63, 3.8) is 0 Å². The van der Waals surface area contributed by atoms with Crippen LogP contribution >= 0.6 is 0 Å². The molecule has 0 aromatic heterocycles. The van der Waals surface area contributed by atoms with Crippen molar-refractivity contribution in [3.8, 4) is 0 Å². The van der Waals surface area contributed by atoms with Gasteiger partial charge >= 0.3 is 0 Å². The van der Waals surface area contributed by atoms with Gasteiger partial charge in [0.05, 0.1) is 5.92 Å². The van der Waals surface area contributed by atoms with Gasteiger partial charge in [-0.15, -0.1) is 5.10 Å². The molecule has 1 aliphatic rings. The minimum atomic E-state index is 0.301. The maximum Gasteiger partial charge on any atom is 0.130 e. The molecule has 1 unspecified atom stereocenters. The number of nitrogens with zero attached hydrogens (tertiary/aromatic N) is 2. The summed E-state index contributed by atoms with van der Waals surface area (Å²) in [4.78, 5) is 0. The van der Waals surface area contributed by atoms with E-state index in [0.717, 1.165) is 6.42 Å². The zero-order valence-corrected chi connectivity index (χ0v) is 4.83. The van der Waals surface area contributed by atoms with Gasteiger partial charge in [-0.05, 0) is 6.42 Å². The predicted octanol–water partition coefficient (Wildman–Crippen LogP) is 0.369. The zero-order chi connectivity index (χ0) is 5.98. The molecular formula is C5H9N3. The Morgan fingerprint density at radius 3 is 2.88 bits per heavy atom. The SMILES string of the molecule is CCC1C=NN=C1N. The minimum absolute atomic E-state index is 0.301. The van der Waals surface area contributed by atoms with Crippen molar-refractivity contribution < 1.29 is 0 Å². The molecule has 1 aliphatic heterocycles. The first-order chi connectivity index (χ1) is 3.84. The molecule has 2 N–H and O–H groups in total. The monoisotopic (exact) mass is 111 g/mol. The molecule has 1 heterocycles. The fourth-order valence-electron chi connectivity index (χ4n) is 0.646. The molecule has 1 atom stereocenters. The Hall–Kier alpha value is -0.860. The highest BCUT2D eigenvalue weighted by Crippen LogP contribution is 2.04. The molecule has 0 aromatic carbocycles. The predicted molar refractivity (Wildman–Crippen MR) is 33.9 cm³/mol. The molecular weight excluding hydrogens is 102 g/mol. The molecule has 3 heteroatoms. The standard InChI is InChI=1S/C5H9N3/c1-2-4-3-7-8-5(4)6/h3-4H,2H2,1H3,(H2,6,8). The highest BCUT2D eigenvalue weighted by atomic mass is 15.2. The summed E-state index contributed by atoms with van der Waals surface area (Å²) in [5.41, 5.74) is 5.41. The smallest absolute Gasteiger partial charge is 0.130 e. The van der Waals surface area contributed by atoms with Crippen LogP contribution in [-0.2, 0) is 0 Å². The van der Waals surface area contributed by atoms with Crippen LogP contribution in [0.1, 0.15) is 13.3 Å². The average Bonchev–Trinajstić information content (AvgIpc) is 2.14. The van der Waals surface area contributed by atoms with Gasteiger partial charge in [0.2, 0.25) is 0 Å². The zero-order valence-electron chi connectivity index (χ0n) is 4.83. The van der Waals surface area contributed by atoms with Crippen LogP contribution in [0.4, 0.5) is 0 Å². The Bertz CT molecular complexity index is 137. The van der Waals surface area contributed by atoms with Gasteiger partial charge in [-0.1, -0.05) is 6.92 Å². The molecule has 0 radical (unpaired) electrons. The Morgan fingerprint density at radius 2 is 2.62 bits per heavy atom. The Morgan fingerprint density at radius 1 is 1.88 bits per heavy atom. The maximum absolute atomic E-state index is 5.41. The lowest BCUT2D eigenvalue weighted by atomic mass is 10.1. The van der Waals surface area contributed by atoms with Gasteiger partial charge in [-0.3, -0.25) is 0 Å². The average molecular weight is 111 g/mol. The van der Waals surface area contributed by atoms with E-state index in [1.54, 1.807) is 6.21 Å². The molecule has 0 saturated carbocycles. The third-order valence-corrected chi connectivity index (χ3v) is 1.24. The molecule has 0 amide bonds. The number of amidine groups is 1. The summed E-state index contributed by atoms with van der Waals surface area (Å²) in [6.45, 7) is 2.06. The Labute approximate surface area is 48.3 Å². The molecule has 44 valence electrons. The van der Waals surface area contributed by atoms with Crippen LogP contribution in [0.25, 0.3) is 0 Å².